The lowest BCUT2D eigenvalue weighted by Gasteiger charge is -1.98. The predicted molar refractivity (Wildman–Crippen MR) is 45.8 cm³/mol. The third-order valence-electron chi connectivity index (χ3n) is 1.86. The van der Waals surface area contributed by atoms with E-state index in [1.54, 1.807) is 6.33 Å². The van der Waals surface area contributed by atoms with Crippen LogP contribution >= 0.6 is 0 Å². The summed E-state index contributed by atoms with van der Waals surface area (Å²) in [4.78, 5) is 12.6. The Balaban J connectivity index is 2.93. The molecule has 62 valence electrons. The first-order chi connectivity index (χ1) is 5.68. The summed E-state index contributed by atoms with van der Waals surface area (Å²) in [6.07, 6.45) is 1.76. The molecule has 0 N–H and O–H groups in total. The maximum absolute atomic E-state index is 4.26. The summed E-state index contributed by atoms with van der Waals surface area (Å²) in [7, 11) is 1.95. The third kappa shape index (κ3) is 0.879. The summed E-state index contributed by atoms with van der Waals surface area (Å²) in [5, 5.41) is 0. The van der Waals surface area contributed by atoms with Crippen molar-refractivity contribution in [3.63, 3.8) is 0 Å². The fraction of sp³-hybridized carbons (Fsp3) is 0.375. The van der Waals surface area contributed by atoms with Crippen molar-refractivity contribution in [3.8, 4) is 0 Å². The van der Waals surface area contributed by atoms with Gasteiger partial charge in [0.15, 0.2) is 5.65 Å². The number of fused-ring (bicyclic) bond motifs is 1. The van der Waals surface area contributed by atoms with Crippen LogP contribution in [0.1, 0.15) is 11.5 Å². The van der Waals surface area contributed by atoms with E-state index in [1.165, 1.54) is 0 Å². The van der Waals surface area contributed by atoms with E-state index in [0.717, 1.165) is 22.7 Å². The molecule has 0 aliphatic rings. The van der Waals surface area contributed by atoms with Crippen LogP contribution in [0.3, 0.4) is 0 Å². The van der Waals surface area contributed by atoms with Gasteiger partial charge in [-0.25, -0.2) is 15.0 Å². The fourth-order valence-corrected chi connectivity index (χ4v) is 1.39. The lowest BCUT2D eigenvalue weighted by molar-refractivity contribution is 0.933. The molecule has 2 aromatic rings. The van der Waals surface area contributed by atoms with Crippen LogP contribution in [0.2, 0.25) is 0 Å². The average Bonchev–Trinajstić information content (AvgIpc) is 2.31. The van der Waals surface area contributed by atoms with Crippen molar-refractivity contribution in [2.24, 2.45) is 7.05 Å². The Hall–Kier alpha value is -1.45. The lowest BCUT2D eigenvalue weighted by atomic mass is 10.4. The summed E-state index contributed by atoms with van der Waals surface area (Å²) in [5.41, 5.74) is 2.78. The van der Waals surface area contributed by atoms with Crippen LogP contribution in [0.5, 0.6) is 0 Å². The van der Waals surface area contributed by atoms with E-state index in [9.17, 15) is 0 Å². The molecule has 0 bridgehead atoms. The summed E-state index contributed by atoms with van der Waals surface area (Å²) >= 11 is 0. The molecule has 0 atom stereocenters. The Labute approximate surface area is 70.3 Å². The van der Waals surface area contributed by atoms with E-state index < -0.39 is 0 Å². The summed E-state index contributed by atoms with van der Waals surface area (Å²) in [6, 6.07) is 0. The molecule has 2 aromatic heterocycles. The molecule has 12 heavy (non-hydrogen) atoms. The van der Waals surface area contributed by atoms with Gasteiger partial charge in [-0.15, -0.1) is 0 Å². The highest BCUT2D eigenvalue weighted by Gasteiger charge is 2.05. The van der Waals surface area contributed by atoms with Crippen molar-refractivity contribution in [2.75, 3.05) is 0 Å². The first kappa shape index (κ1) is 7.21. The number of imidazole rings is 1. The third-order valence-corrected chi connectivity index (χ3v) is 1.86. The van der Waals surface area contributed by atoms with Crippen LogP contribution in [0.15, 0.2) is 6.33 Å². The number of aromatic nitrogens is 4. The Morgan fingerprint density at radius 3 is 2.75 bits per heavy atom. The molecule has 0 saturated carbocycles. The molecule has 0 spiro atoms. The molecule has 4 nitrogen and oxygen atoms in total. The number of hydrogen-bond donors (Lipinski definition) is 0. The Morgan fingerprint density at radius 1 is 1.25 bits per heavy atom. The molecule has 0 unspecified atom stereocenters. The highest BCUT2D eigenvalue weighted by atomic mass is 15.1. The molecular weight excluding hydrogens is 152 g/mol. The molecule has 2 heterocycles. The molecule has 0 amide bonds. The van der Waals surface area contributed by atoms with Crippen molar-refractivity contribution in [2.45, 2.75) is 13.8 Å². The van der Waals surface area contributed by atoms with Gasteiger partial charge < -0.3 is 4.57 Å². The van der Waals surface area contributed by atoms with Crippen LogP contribution in [0.25, 0.3) is 11.2 Å². The summed E-state index contributed by atoms with van der Waals surface area (Å²) < 4.78 is 1.93. The molecule has 2 rings (SSSR count). The summed E-state index contributed by atoms with van der Waals surface area (Å²) in [5.74, 6) is 0.777. The van der Waals surface area contributed by atoms with Gasteiger partial charge in [-0.2, -0.15) is 0 Å². The standard InChI is InChI=1S/C8H10N4/c1-5-7-8(9-4-12(7)3)11-6(2)10-5/h4H,1-3H3. The van der Waals surface area contributed by atoms with Crippen molar-refractivity contribution in [1.82, 2.24) is 19.5 Å². The minimum Gasteiger partial charge on any atom is -0.331 e. The Kier molecular flexibility index (Phi) is 1.36. The van der Waals surface area contributed by atoms with Crippen LogP contribution in [0, 0.1) is 13.8 Å². The Bertz CT molecular complexity index is 430. The van der Waals surface area contributed by atoms with Crippen molar-refractivity contribution in [3.05, 3.63) is 17.8 Å². The maximum Gasteiger partial charge on any atom is 0.181 e. The molecule has 0 aromatic carbocycles. The number of aryl methyl sites for hydroxylation is 3. The van der Waals surface area contributed by atoms with Gasteiger partial charge >= 0.3 is 0 Å². The van der Waals surface area contributed by atoms with Crippen LogP contribution < -0.4 is 0 Å². The van der Waals surface area contributed by atoms with Crippen molar-refractivity contribution >= 4 is 11.2 Å². The van der Waals surface area contributed by atoms with E-state index in [-0.39, 0.29) is 0 Å². The van der Waals surface area contributed by atoms with Crippen LogP contribution in [-0.2, 0) is 7.05 Å². The van der Waals surface area contributed by atoms with Gasteiger partial charge in [0, 0.05) is 7.05 Å². The van der Waals surface area contributed by atoms with Gasteiger partial charge in [0.05, 0.1) is 12.0 Å². The lowest BCUT2D eigenvalue weighted by Crippen LogP contribution is -1.95. The molecule has 4 heteroatoms. The van der Waals surface area contributed by atoms with Crippen molar-refractivity contribution in [1.29, 1.82) is 0 Å². The van der Waals surface area contributed by atoms with Crippen LogP contribution in [-0.4, -0.2) is 19.5 Å². The highest BCUT2D eigenvalue weighted by Crippen LogP contribution is 2.11. The van der Waals surface area contributed by atoms with Gasteiger partial charge in [-0.1, -0.05) is 0 Å². The quantitative estimate of drug-likeness (QED) is 0.580. The zero-order chi connectivity index (χ0) is 8.72. The molecular formula is C8H10N4. The highest BCUT2D eigenvalue weighted by molar-refractivity contribution is 5.73. The largest absolute Gasteiger partial charge is 0.331 e. The molecule has 0 radical (unpaired) electrons. The van der Waals surface area contributed by atoms with E-state index in [4.69, 9.17) is 0 Å². The molecule has 0 saturated heterocycles. The second-order valence-corrected chi connectivity index (χ2v) is 2.88. The normalized spacial score (nSPS) is 10.9. The average molecular weight is 162 g/mol. The fourth-order valence-electron chi connectivity index (χ4n) is 1.39. The van der Waals surface area contributed by atoms with E-state index in [1.807, 2.05) is 25.5 Å². The van der Waals surface area contributed by atoms with Gasteiger partial charge in [0.2, 0.25) is 0 Å². The second kappa shape index (κ2) is 2.27. The topological polar surface area (TPSA) is 43.6 Å². The second-order valence-electron chi connectivity index (χ2n) is 2.88. The van der Waals surface area contributed by atoms with Gasteiger partial charge in [-0.3, -0.25) is 0 Å². The van der Waals surface area contributed by atoms with Gasteiger partial charge in [0.1, 0.15) is 11.3 Å². The van der Waals surface area contributed by atoms with Crippen LogP contribution in [0.4, 0.5) is 0 Å². The zero-order valence-electron chi connectivity index (χ0n) is 7.37. The Morgan fingerprint density at radius 2 is 2.00 bits per heavy atom. The predicted octanol–water partition coefficient (Wildman–Crippen LogP) is 0.980. The number of nitrogens with zero attached hydrogens (tertiary/aromatic N) is 4. The molecule has 0 fully saturated rings. The minimum absolute atomic E-state index is 0.777. The molecule has 0 aliphatic carbocycles. The first-order valence-corrected chi connectivity index (χ1v) is 3.81. The summed E-state index contributed by atoms with van der Waals surface area (Å²) in [6.45, 7) is 3.85. The molecule has 0 aliphatic heterocycles. The zero-order valence-corrected chi connectivity index (χ0v) is 7.37. The maximum atomic E-state index is 4.26. The van der Waals surface area contributed by atoms with Crippen molar-refractivity contribution < 1.29 is 0 Å². The minimum atomic E-state index is 0.777. The van der Waals surface area contributed by atoms with Gasteiger partial charge in [-0.05, 0) is 13.8 Å². The van der Waals surface area contributed by atoms with E-state index in [0.29, 0.717) is 0 Å². The van der Waals surface area contributed by atoms with E-state index >= 15 is 0 Å². The monoisotopic (exact) mass is 162 g/mol. The van der Waals surface area contributed by atoms with E-state index in [2.05, 4.69) is 15.0 Å². The SMILES string of the molecule is Cc1nc(C)c2c(ncn2C)n1. The first-order valence-electron chi connectivity index (χ1n) is 3.81. The smallest absolute Gasteiger partial charge is 0.181 e. The number of hydrogen-bond acceptors (Lipinski definition) is 3. The van der Waals surface area contributed by atoms with Gasteiger partial charge in [0.25, 0.3) is 0 Å². The number of rotatable bonds is 0.